The molecular weight excluding hydrogens is 584 g/mol. The van der Waals surface area contributed by atoms with Crippen molar-refractivity contribution in [2.75, 3.05) is 31.5 Å². The Morgan fingerprint density at radius 3 is 2.45 bits per heavy atom. The minimum Gasteiger partial charge on any atom is -0.488 e. The number of carbonyl (C=O) groups excluding carboxylic acids is 1. The Labute approximate surface area is 246 Å². The number of sulfonamides is 2. The van der Waals surface area contributed by atoms with Gasteiger partial charge in [0.25, 0.3) is 10.0 Å². The number of ether oxygens (including phenoxy) is 1. The number of nitrogens with one attached hydrogen (secondary N) is 1. The van der Waals surface area contributed by atoms with Gasteiger partial charge in [0.1, 0.15) is 22.4 Å². The van der Waals surface area contributed by atoms with Gasteiger partial charge in [-0.2, -0.15) is 4.31 Å². The fourth-order valence-corrected chi connectivity index (χ4v) is 7.41. The smallest absolute Gasteiger partial charge is 0.261 e. The van der Waals surface area contributed by atoms with Crippen LogP contribution in [0.3, 0.4) is 0 Å². The van der Waals surface area contributed by atoms with Crippen molar-refractivity contribution in [1.82, 2.24) is 14.4 Å². The number of likely N-dealkylation sites (N-methyl/N-ethyl adjacent to an activating group) is 1. The fourth-order valence-electron chi connectivity index (χ4n) is 4.87. The van der Waals surface area contributed by atoms with E-state index in [1.165, 1.54) is 42.5 Å². The summed E-state index contributed by atoms with van der Waals surface area (Å²) in [6.07, 6.45) is -0.831. The van der Waals surface area contributed by atoms with Crippen LogP contribution in [0.1, 0.15) is 30.9 Å². The van der Waals surface area contributed by atoms with Crippen molar-refractivity contribution in [2.45, 2.75) is 56.1 Å². The number of rotatable bonds is 9. The zero-order chi connectivity index (χ0) is 30.8. The largest absolute Gasteiger partial charge is 0.488 e. The molecule has 3 aromatic rings. The average Bonchev–Trinajstić information content (AvgIpc) is 3.31. The maximum Gasteiger partial charge on any atom is 0.261 e. The van der Waals surface area contributed by atoms with Crippen LogP contribution in [0.2, 0.25) is 0 Å². The van der Waals surface area contributed by atoms with Crippen LogP contribution in [-0.2, 0) is 31.3 Å². The van der Waals surface area contributed by atoms with Crippen LogP contribution in [0.15, 0.2) is 62.8 Å². The van der Waals surface area contributed by atoms with E-state index in [2.05, 4.69) is 9.88 Å². The number of aliphatic hydroxyl groups excluding tert-OH is 1. The zero-order valence-electron chi connectivity index (χ0n) is 24.1. The Morgan fingerprint density at radius 2 is 1.83 bits per heavy atom. The number of benzene rings is 2. The van der Waals surface area contributed by atoms with Gasteiger partial charge in [0.2, 0.25) is 15.9 Å². The highest BCUT2D eigenvalue weighted by molar-refractivity contribution is 7.92. The van der Waals surface area contributed by atoms with Gasteiger partial charge in [-0.25, -0.2) is 16.8 Å². The molecule has 42 heavy (non-hydrogen) atoms. The number of aliphatic hydroxyl groups is 1. The molecule has 0 saturated carbocycles. The maximum atomic E-state index is 13.5. The molecule has 0 fully saturated rings. The van der Waals surface area contributed by atoms with Crippen LogP contribution in [-0.4, -0.2) is 81.1 Å². The average molecular weight is 621 g/mol. The third-order valence-corrected chi connectivity index (χ3v) is 10.8. The van der Waals surface area contributed by atoms with E-state index >= 15 is 0 Å². The molecule has 0 radical (unpaired) electrons. The molecule has 1 amide bonds. The number of hydrogen-bond acceptors (Lipinski definition) is 9. The van der Waals surface area contributed by atoms with Crippen LogP contribution in [0, 0.1) is 19.8 Å². The van der Waals surface area contributed by atoms with Crippen LogP contribution >= 0.6 is 0 Å². The lowest BCUT2D eigenvalue weighted by Crippen LogP contribution is -2.48. The lowest BCUT2D eigenvalue weighted by molar-refractivity contribution is -0.134. The Balaban J connectivity index is 1.70. The molecule has 1 aliphatic rings. The molecule has 2 aromatic carbocycles. The molecule has 0 unspecified atom stereocenters. The SMILES string of the molecule is Cc1noc(C)c1S(=O)(=O)N(C)C[C@H]1Oc2ccc(NS(=O)(=O)c3ccccc3)cc2CC(=O)N([C@H](C)CO)C[C@@H]1C. The van der Waals surface area contributed by atoms with Crippen molar-refractivity contribution in [1.29, 1.82) is 0 Å². The molecule has 2 N–H and O–H groups in total. The summed E-state index contributed by atoms with van der Waals surface area (Å²) < 4.78 is 67.9. The highest BCUT2D eigenvalue weighted by atomic mass is 32.2. The van der Waals surface area contributed by atoms with E-state index in [-0.39, 0.29) is 64.9 Å². The summed E-state index contributed by atoms with van der Waals surface area (Å²) >= 11 is 0. The molecule has 0 spiro atoms. The van der Waals surface area contributed by atoms with Crippen molar-refractivity contribution in [3.05, 3.63) is 65.5 Å². The van der Waals surface area contributed by atoms with Gasteiger partial charge in [0.15, 0.2) is 5.76 Å². The number of nitrogens with zero attached hydrogens (tertiary/aromatic N) is 3. The minimum absolute atomic E-state index is 0.0119. The molecule has 14 heteroatoms. The monoisotopic (exact) mass is 620 g/mol. The maximum absolute atomic E-state index is 13.5. The molecule has 0 aliphatic carbocycles. The summed E-state index contributed by atoms with van der Waals surface area (Å²) in [4.78, 5) is 15.1. The van der Waals surface area contributed by atoms with Gasteiger partial charge in [-0.1, -0.05) is 30.3 Å². The molecule has 228 valence electrons. The molecule has 0 bridgehead atoms. The quantitative estimate of drug-likeness (QED) is 0.367. The van der Waals surface area contributed by atoms with Crippen molar-refractivity contribution < 1.29 is 36.0 Å². The van der Waals surface area contributed by atoms with E-state index in [1.54, 1.807) is 43.0 Å². The van der Waals surface area contributed by atoms with Gasteiger partial charge >= 0.3 is 0 Å². The highest BCUT2D eigenvalue weighted by Gasteiger charge is 2.35. The number of anilines is 1. The Morgan fingerprint density at radius 1 is 1.14 bits per heavy atom. The van der Waals surface area contributed by atoms with E-state index in [0.717, 1.165) is 0 Å². The van der Waals surface area contributed by atoms with E-state index in [9.17, 15) is 26.7 Å². The number of fused-ring (bicyclic) bond motifs is 1. The molecule has 3 atom stereocenters. The van der Waals surface area contributed by atoms with Crippen molar-refractivity contribution in [3.8, 4) is 5.75 Å². The standard InChI is InChI=1S/C28H36N4O8S2/c1-18-15-32(19(2)17-33)27(34)14-22-13-23(30-41(35,36)24-9-7-6-8-10-24)11-12-25(22)39-26(18)16-31(5)42(37,38)28-20(3)29-40-21(28)4/h6-13,18-19,26,30,33H,14-17H2,1-5H3/t18-,19+,26+/m0/s1. The van der Waals surface area contributed by atoms with Crippen molar-refractivity contribution >= 4 is 31.6 Å². The Bertz CT molecular complexity index is 1620. The van der Waals surface area contributed by atoms with Crippen molar-refractivity contribution in [2.24, 2.45) is 5.92 Å². The number of aryl methyl sites for hydroxylation is 2. The molecule has 12 nitrogen and oxygen atoms in total. The lowest BCUT2D eigenvalue weighted by Gasteiger charge is -2.33. The number of hydrogen-bond donors (Lipinski definition) is 2. The summed E-state index contributed by atoms with van der Waals surface area (Å²) in [7, 11) is -6.44. The molecular formula is C28H36N4O8S2. The minimum atomic E-state index is -3.99. The van der Waals surface area contributed by atoms with Crippen LogP contribution in [0.4, 0.5) is 5.69 Å². The normalized spacial score (nSPS) is 18.9. The van der Waals surface area contributed by atoms with Gasteiger partial charge in [-0.05, 0) is 51.1 Å². The van der Waals surface area contributed by atoms with Crippen LogP contribution in [0.5, 0.6) is 5.75 Å². The molecule has 0 saturated heterocycles. The van der Waals surface area contributed by atoms with E-state index in [0.29, 0.717) is 11.3 Å². The second-order valence-electron chi connectivity index (χ2n) is 10.6. The first-order chi connectivity index (χ1) is 19.7. The summed E-state index contributed by atoms with van der Waals surface area (Å²) in [6.45, 7) is 6.51. The van der Waals surface area contributed by atoms with E-state index in [1.807, 2.05) is 6.92 Å². The second kappa shape index (κ2) is 12.4. The predicted octanol–water partition coefficient (Wildman–Crippen LogP) is 2.56. The van der Waals surface area contributed by atoms with Crippen LogP contribution in [0.25, 0.3) is 0 Å². The van der Waals surface area contributed by atoms with Gasteiger partial charge in [-0.15, -0.1) is 0 Å². The van der Waals surface area contributed by atoms with Gasteiger partial charge in [0.05, 0.1) is 30.5 Å². The molecule has 4 rings (SSSR count). The Kier molecular flexibility index (Phi) is 9.30. The summed E-state index contributed by atoms with van der Waals surface area (Å²) in [5.74, 6) is -0.141. The first-order valence-corrected chi connectivity index (χ1v) is 16.3. The van der Waals surface area contributed by atoms with E-state index < -0.39 is 32.2 Å². The first-order valence-electron chi connectivity index (χ1n) is 13.4. The summed E-state index contributed by atoms with van der Waals surface area (Å²) in [5.41, 5.74) is 0.892. The first kappa shape index (κ1) is 31.5. The summed E-state index contributed by atoms with van der Waals surface area (Å²) in [6, 6.07) is 12.0. The van der Waals surface area contributed by atoms with Gasteiger partial charge < -0.3 is 19.3 Å². The van der Waals surface area contributed by atoms with E-state index in [4.69, 9.17) is 9.26 Å². The van der Waals surface area contributed by atoms with Crippen LogP contribution < -0.4 is 9.46 Å². The Hall–Kier alpha value is -3.46. The summed E-state index contributed by atoms with van der Waals surface area (Å²) in [5, 5.41) is 13.6. The topological polar surface area (TPSA) is 159 Å². The third-order valence-electron chi connectivity index (χ3n) is 7.30. The highest BCUT2D eigenvalue weighted by Crippen LogP contribution is 2.31. The zero-order valence-corrected chi connectivity index (χ0v) is 25.8. The van der Waals surface area contributed by atoms with Gasteiger partial charge in [0, 0.05) is 30.8 Å². The number of amides is 1. The molecule has 2 heterocycles. The lowest BCUT2D eigenvalue weighted by atomic mass is 10.0. The van der Waals surface area contributed by atoms with Crippen molar-refractivity contribution in [3.63, 3.8) is 0 Å². The van der Waals surface area contributed by atoms with Gasteiger partial charge in [-0.3, -0.25) is 9.52 Å². The second-order valence-corrected chi connectivity index (χ2v) is 14.2. The number of aromatic nitrogens is 1. The molecule has 1 aliphatic heterocycles. The fraction of sp³-hybridized carbons (Fsp3) is 0.429. The third kappa shape index (κ3) is 6.61. The predicted molar refractivity (Wildman–Crippen MR) is 155 cm³/mol. The molecule has 1 aromatic heterocycles. The number of carbonyl (C=O) groups is 1.